The summed E-state index contributed by atoms with van der Waals surface area (Å²) in [5, 5.41) is 0. The van der Waals surface area contributed by atoms with Gasteiger partial charge in [-0.3, -0.25) is 14.4 Å². The molecular weight excluding hydrogens is 1010 g/mol. The van der Waals surface area contributed by atoms with E-state index < -0.39 is 6.10 Å². The summed E-state index contributed by atoms with van der Waals surface area (Å²) in [5.41, 5.74) is 0. The van der Waals surface area contributed by atoms with Crippen molar-refractivity contribution in [1.82, 2.24) is 0 Å². The van der Waals surface area contributed by atoms with E-state index >= 15 is 0 Å². The van der Waals surface area contributed by atoms with Gasteiger partial charge >= 0.3 is 17.9 Å². The van der Waals surface area contributed by atoms with E-state index in [1.54, 1.807) is 0 Å². The van der Waals surface area contributed by atoms with Crippen LogP contribution in [0.15, 0.2) is 24.3 Å². The molecule has 484 valence electrons. The van der Waals surface area contributed by atoms with E-state index in [-0.39, 0.29) is 31.1 Å². The van der Waals surface area contributed by atoms with Gasteiger partial charge in [0.25, 0.3) is 0 Å². The summed E-state index contributed by atoms with van der Waals surface area (Å²) in [4.78, 5) is 38.5. The summed E-state index contributed by atoms with van der Waals surface area (Å²) in [7, 11) is 0. The average molecular weight is 1150 g/mol. The van der Waals surface area contributed by atoms with Gasteiger partial charge in [0.05, 0.1) is 0 Å². The lowest BCUT2D eigenvalue weighted by atomic mass is 10.0. The lowest BCUT2D eigenvalue weighted by molar-refractivity contribution is -0.167. The predicted octanol–water partition coefficient (Wildman–Crippen LogP) is 25.7. The van der Waals surface area contributed by atoms with Gasteiger partial charge in [-0.05, 0) is 44.9 Å². The van der Waals surface area contributed by atoms with Crippen molar-refractivity contribution in [3.8, 4) is 0 Å². The molecule has 82 heavy (non-hydrogen) atoms. The van der Waals surface area contributed by atoms with E-state index in [0.717, 1.165) is 83.5 Å². The molecule has 0 aliphatic rings. The first kappa shape index (κ1) is 79.9. The zero-order valence-corrected chi connectivity index (χ0v) is 55.8. The van der Waals surface area contributed by atoms with Crippen molar-refractivity contribution in [3.63, 3.8) is 0 Å². The van der Waals surface area contributed by atoms with Crippen LogP contribution in [0.3, 0.4) is 0 Å². The van der Waals surface area contributed by atoms with Gasteiger partial charge in [0.15, 0.2) is 6.10 Å². The number of hydrogen-bond donors (Lipinski definition) is 0. The Bertz CT molecular complexity index is 1320. The maximum atomic E-state index is 13.0. The van der Waals surface area contributed by atoms with Crippen molar-refractivity contribution < 1.29 is 28.6 Å². The van der Waals surface area contributed by atoms with Crippen molar-refractivity contribution in [1.29, 1.82) is 0 Å². The summed E-state index contributed by atoms with van der Waals surface area (Å²) < 4.78 is 17.0. The molecule has 1 atom stereocenters. The minimum atomic E-state index is -0.774. The highest BCUT2D eigenvalue weighted by Crippen LogP contribution is 2.20. The molecule has 0 rings (SSSR count). The molecule has 0 radical (unpaired) electrons. The van der Waals surface area contributed by atoms with Gasteiger partial charge in [0.1, 0.15) is 13.2 Å². The fourth-order valence-corrected chi connectivity index (χ4v) is 11.6. The van der Waals surface area contributed by atoms with Gasteiger partial charge in [0.2, 0.25) is 0 Å². The van der Waals surface area contributed by atoms with Crippen LogP contribution in [0.1, 0.15) is 425 Å². The molecule has 0 N–H and O–H groups in total. The second kappa shape index (κ2) is 71.4. The molecule has 0 aromatic carbocycles. The second-order valence-electron chi connectivity index (χ2n) is 25.6. The predicted molar refractivity (Wildman–Crippen MR) is 358 cm³/mol. The summed E-state index contributed by atoms with van der Waals surface area (Å²) in [6, 6.07) is 0. The summed E-state index contributed by atoms with van der Waals surface area (Å²) in [6.07, 6.45) is 88.1. The summed E-state index contributed by atoms with van der Waals surface area (Å²) in [5.74, 6) is -0.849. The number of unbranched alkanes of at least 4 members (excludes halogenated alkanes) is 55. The molecule has 0 saturated heterocycles. The Balaban J connectivity index is 4.18. The lowest BCUT2D eigenvalue weighted by Gasteiger charge is -2.18. The van der Waals surface area contributed by atoms with E-state index in [0.29, 0.717) is 19.3 Å². The maximum absolute atomic E-state index is 13.0. The van der Waals surface area contributed by atoms with E-state index in [9.17, 15) is 14.4 Å². The van der Waals surface area contributed by atoms with Crippen LogP contribution in [-0.4, -0.2) is 37.2 Å². The quantitative estimate of drug-likeness (QED) is 0.0261. The van der Waals surface area contributed by atoms with Gasteiger partial charge in [-0.25, -0.2) is 0 Å². The van der Waals surface area contributed by atoms with Crippen LogP contribution in [-0.2, 0) is 28.6 Å². The topological polar surface area (TPSA) is 78.9 Å². The van der Waals surface area contributed by atoms with Crippen molar-refractivity contribution in [3.05, 3.63) is 24.3 Å². The molecule has 6 nitrogen and oxygen atoms in total. The molecule has 0 spiro atoms. The Kier molecular flexibility index (Phi) is 69.5. The molecule has 0 fully saturated rings. The molecule has 0 aromatic rings. The summed E-state index contributed by atoms with van der Waals surface area (Å²) in [6.45, 7) is 6.66. The number of ether oxygens (including phenoxy) is 3. The van der Waals surface area contributed by atoms with Crippen LogP contribution in [0, 0.1) is 0 Å². The van der Waals surface area contributed by atoms with Crippen LogP contribution < -0.4 is 0 Å². The SMILES string of the molecule is CCC/C=C\C/C=C\CCCCCCCC(=O)OCC(COC(=O)CCCCCCCCCCCCCCCCCCCCCCCCCCCC)OC(=O)CCCCCCCCCCCCCCCCCCCCCCCCCCC. The molecule has 0 aliphatic carbocycles. The first-order chi connectivity index (χ1) is 40.5. The van der Waals surface area contributed by atoms with Gasteiger partial charge in [-0.15, -0.1) is 0 Å². The van der Waals surface area contributed by atoms with E-state index in [4.69, 9.17) is 14.2 Å². The van der Waals surface area contributed by atoms with Gasteiger partial charge in [0, 0.05) is 19.3 Å². The van der Waals surface area contributed by atoms with Crippen LogP contribution in [0.25, 0.3) is 0 Å². The van der Waals surface area contributed by atoms with E-state index in [2.05, 4.69) is 45.1 Å². The third-order valence-corrected chi connectivity index (χ3v) is 17.2. The first-order valence-electron chi connectivity index (χ1n) is 37.3. The number of allylic oxidation sites excluding steroid dienone is 4. The van der Waals surface area contributed by atoms with Crippen molar-refractivity contribution >= 4 is 17.9 Å². The first-order valence-corrected chi connectivity index (χ1v) is 37.3. The Labute approximate surface area is 513 Å². The molecule has 0 aliphatic heterocycles. The highest BCUT2D eigenvalue weighted by molar-refractivity contribution is 5.71. The molecule has 0 heterocycles. The Morgan fingerprint density at radius 1 is 0.244 bits per heavy atom. The highest BCUT2D eigenvalue weighted by Gasteiger charge is 2.20. The third-order valence-electron chi connectivity index (χ3n) is 17.2. The zero-order valence-electron chi connectivity index (χ0n) is 55.8. The number of hydrogen-bond acceptors (Lipinski definition) is 6. The largest absolute Gasteiger partial charge is 0.462 e. The molecule has 6 heteroatoms. The molecule has 0 aromatic heterocycles. The minimum Gasteiger partial charge on any atom is -0.462 e. The lowest BCUT2D eigenvalue weighted by Crippen LogP contribution is -2.30. The van der Waals surface area contributed by atoms with Gasteiger partial charge in [-0.1, -0.05) is 385 Å². The van der Waals surface area contributed by atoms with E-state index in [1.807, 2.05) is 0 Å². The van der Waals surface area contributed by atoms with Crippen LogP contribution >= 0.6 is 0 Å². The number of carbonyl (C=O) groups is 3. The second-order valence-corrected chi connectivity index (χ2v) is 25.6. The Hall–Kier alpha value is -2.11. The minimum absolute atomic E-state index is 0.0692. The highest BCUT2D eigenvalue weighted by atomic mass is 16.6. The zero-order chi connectivity index (χ0) is 59.2. The number of esters is 3. The molecule has 0 saturated carbocycles. The molecular formula is C76H144O6. The Morgan fingerprint density at radius 2 is 0.463 bits per heavy atom. The normalized spacial score (nSPS) is 12.1. The van der Waals surface area contributed by atoms with Gasteiger partial charge < -0.3 is 14.2 Å². The van der Waals surface area contributed by atoms with E-state index in [1.165, 1.54) is 302 Å². The monoisotopic (exact) mass is 1150 g/mol. The average Bonchev–Trinajstić information content (AvgIpc) is 3.47. The fraction of sp³-hybridized carbons (Fsp3) is 0.908. The number of carbonyl (C=O) groups excluding carboxylic acids is 3. The number of rotatable bonds is 70. The van der Waals surface area contributed by atoms with Crippen LogP contribution in [0.4, 0.5) is 0 Å². The maximum Gasteiger partial charge on any atom is 0.306 e. The smallest absolute Gasteiger partial charge is 0.306 e. The summed E-state index contributed by atoms with van der Waals surface area (Å²) >= 11 is 0. The van der Waals surface area contributed by atoms with Gasteiger partial charge in [-0.2, -0.15) is 0 Å². The van der Waals surface area contributed by atoms with Crippen LogP contribution in [0.2, 0.25) is 0 Å². The van der Waals surface area contributed by atoms with Crippen molar-refractivity contribution in [2.24, 2.45) is 0 Å². The molecule has 1 unspecified atom stereocenters. The Morgan fingerprint density at radius 3 is 0.720 bits per heavy atom. The molecule has 0 bridgehead atoms. The standard InChI is InChI=1S/C76H144O6/c1-4-7-10-13-16-19-22-25-27-29-31-33-35-37-39-40-42-44-46-48-51-54-57-60-63-66-69-75(78)81-72-73(71-80-74(77)68-65-62-59-56-53-50-24-21-18-15-12-9-6-3)82-76(79)70-67-64-61-58-55-52-49-47-45-43-41-38-36-34-32-30-28-26-23-20-17-14-11-8-5-2/h12,15,21,24,73H,4-11,13-14,16-20,22-23,25-72H2,1-3H3/b15-12-,24-21-. The third kappa shape index (κ3) is 68.7. The fourth-order valence-electron chi connectivity index (χ4n) is 11.6. The van der Waals surface area contributed by atoms with Crippen LogP contribution in [0.5, 0.6) is 0 Å². The van der Waals surface area contributed by atoms with Crippen molar-refractivity contribution in [2.75, 3.05) is 13.2 Å². The molecule has 0 amide bonds. The van der Waals surface area contributed by atoms with Crippen molar-refractivity contribution in [2.45, 2.75) is 431 Å².